The van der Waals surface area contributed by atoms with Crippen molar-refractivity contribution in [1.29, 1.82) is 5.26 Å². The number of nitriles is 1. The molecule has 0 saturated carbocycles. The third-order valence-electron chi connectivity index (χ3n) is 3.33. The number of halogens is 1. The molecule has 0 aliphatic heterocycles. The molecule has 0 spiro atoms. The molecule has 0 atom stereocenters. The molecule has 4 nitrogen and oxygen atoms in total. The fourth-order valence-electron chi connectivity index (χ4n) is 2.26. The molecule has 0 radical (unpaired) electrons. The third-order valence-corrected chi connectivity index (χ3v) is 4.02. The topological polar surface area (TPSA) is 54.5 Å². The van der Waals surface area contributed by atoms with Crippen LogP contribution in [0.1, 0.15) is 21.5 Å². The Bertz CT molecular complexity index is 893. The van der Waals surface area contributed by atoms with Crippen LogP contribution in [-0.4, -0.2) is 10.4 Å². The first-order chi connectivity index (χ1) is 10.7. The highest BCUT2D eigenvalue weighted by Crippen LogP contribution is 2.21. The van der Waals surface area contributed by atoms with Gasteiger partial charge in [0.25, 0.3) is 0 Å². The van der Waals surface area contributed by atoms with Gasteiger partial charge < -0.3 is 9.14 Å². The number of nitrogens with zero attached hydrogens (tertiary/aromatic N) is 2. The Kier molecular flexibility index (Phi) is 3.94. The van der Waals surface area contributed by atoms with Crippen molar-refractivity contribution in [2.24, 2.45) is 0 Å². The van der Waals surface area contributed by atoms with Crippen LogP contribution < -0.4 is 0 Å². The zero-order valence-electron chi connectivity index (χ0n) is 11.5. The summed E-state index contributed by atoms with van der Waals surface area (Å²) in [5.41, 5.74) is 2.48. The molecule has 0 fully saturated rings. The second-order valence-corrected chi connectivity index (χ2v) is 5.54. The van der Waals surface area contributed by atoms with E-state index in [0.717, 1.165) is 5.52 Å². The molecule has 5 heteroatoms. The largest absolute Gasteiger partial charge is 0.457 e. The molecule has 0 saturated heterocycles. The van der Waals surface area contributed by atoms with Crippen molar-refractivity contribution in [2.75, 3.05) is 0 Å². The van der Waals surface area contributed by atoms with Gasteiger partial charge in [0.1, 0.15) is 12.7 Å². The Morgan fingerprint density at radius 3 is 2.77 bits per heavy atom. The molecule has 108 valence electrons. The molecule has 0 amide bonds. The van der Waals surface area contributed by atoms with E-state index in [-0.39, 0.29) is 6.61 Å². The van der Waals surface area contributed by atoms with Crippen molar-refractivity contribution < 1.29 is 9.53 Å². The lowest BCUT2D eigenvalue weighted by Gasteiger charge is -2.05. The first kappa shape index (κ1) is 14.4. The third kappa shape index (κ3) is 2.61. The molecule has 0 unspecified atom stereocenters. The molecule has 0 aliphatic carbocycles. The highest BCUT2D eigenvalue weighted by Gasteiger charge is 2.14. The number of esters is 1. The van der Waals surface area contributed by atoms with E-state index in [4.69, 9.17) is 4.74 Å². The molecular formula is C17H11BrN2O2. The summed E-state index contributed by atoms with van der Waals surface area (Å²) in [6.45, 7) is 0.0603. The fraction of sp³-hybridized carbons (Fsp3) is 0.0588. The Morgan fingerprint density at radius 2 is 2.00 bits per heavy atom. The molecule has 2 heterocycles. The van der Waals surface area contributed by atoms with Crippen LogP contribution in [0.2, 0.25) is 0 Å². The van der Waals surface area contributed by atoms with Crippen LogP contribution in [0.3, 0.4) is 0 Å². The van der Waals surface area contributed by atoms with Crippen LogP contribution in [0.4, 0.5) is 0 Å². The number of hydrogen-bond donors (Lipinski definition) is 0. The average Bonchev–Trinajstić information content (AvgIpc) is 2.90. The minimum absolute atomic E-state index is 0.0603. The molecular weight excluding hydrogens is 344 g/mol. The van der Waals surface area contributed by atoms with Gasteiger partial charge in [-0.15, -0.1) is 0 Å². The van der Waals surface area contributed by atoms with Crippen LogP contribution in [-0.2, 0) is 11.3 Å². The normalized spacial score (nSPS) is 10.4. The summed E-state index contributed by atoms with van der Waals surface area (Å²) in [5, 5.41) is 9.32. The zero-order chi connectivity index (χ0) is 15.5. The summed E-state index contributed by atoms with van der Waals surface area (Å²) < 4.78 is 7.86. The van der Waals surface area contributed by atoms with Gasteiger partial charge in [-0.3, -0.25) is 0 Å². The van der Waals surface area contributed by atoms with Crippen LogP contribution in [0.5, 0.6) is 0 Å². The van der Waals surface area contributed by atoms with Gasteiger partial charge in [-0.05, 0) is 40.2 Å². The maximum absolute atomic E-state index is 12.1. The van der Waals surface area contributed by atoms with Gasteiger partial charge in [0.05, 0.1) is 16.6 Å². The number of carbonyl (C=O) groups is 1. The van der Waals surface area contributed by atoms with Gasteiger partial charge in [0.15, 0.2) is 0 Å². The number of aromatic nitrogens is 1. The SMILES string of the molecule is N#Cc1c(COC(=O)c2ccccc2Br)cn2ccccc12. The van der Waals surface area contributed by atoms with Crippen molar-refractivity contribution in [1.82, 2.24) is 4.40 Å². The predicted octanol–water partition coefficient (Wildman–Crippen LogP) is 3.93. The maximum Gasteiger partial charge on any atom is 0.339 e. The lowest BCUT2D eigenvalue weighted by atomic mass is 10.2. The number of fused-ring (bicyclic) bond motifs is 1. The summed E-state index contributed by atoms with van der Waals surface area (Å²) in [6, 6.07) is 14.9. The van der Waals surface area contributed by atoms with Gasteiger partial charge in [-0.2, -0.15) is 5.26 Å². The highest BCUT2D eigenvalue weighted by molar-refractivity contribution is 9.10. The van der Waals surface area contributed by atoms with Gasteiger partial charge in [-0.25, -0.2) is 4.79 Å². The lowest BCUT2D eigenvalue weighted by Crippen LogP contribution is -2.06. The van der Waals surface area contributed by atoms with Crippen molar-refractivity contribution in [3.05, 3.63) is 76.0 Å². The van der Waals surface area contributed by atoms with E-state index in [9.17, 15) is 10.1 Å². The van der Waals surface area contributed by atoms with E-state index in [1.807, 2.05) is 34.9 Å². The lowest BCUT2D eigenvalue weighted by molar-refractivity contribution is 0.0471. The summed E-state index contributed by atoms with van der Waals surface area (Å²) in [4.78, 5) is 12.1. The predicted molar refractivity (Wildman–Crippen MR) is 85.4 cm³/mol. The minimum Gasteiger partial charge on any atom is -0.457 e. The molecule has 2 aromatic heterocycles. The van der Waals surface area contributed by atoms with E-state index in [2.05, 4.69) is 22.0 Å². The first-order valence-corrected chi connectivity index (χ1v) is 7.40. The quantitative estimate of drug-likeness (QED) is 0.669. The fourth-order valence-corrected chi connectivity index (χ4v) is 2.71. The van der Waals surface area contributed by atoms with Crippen LogP contribution in [0, 0.1) is 11.3 Å². The number of rotatable bonds is 3. The molecule has 1 aromatic carbocycles. The second kappa shape index (κ2) is 6.04. The average molecular weight is 355 g/mol. The Balaban J connectivity index is 1.84. The summed E-state index contributed by atoms with van der Waals surface area (Å²) in [6.07, 6.45) is 3.66. The highest BCUT2D eigenvalue weighted by atomic mass is 79.9. The van der Waals surface area contributed by atoms with E-state index in [1.54, 1.807) is 24.4 Å². The monoisotopic (exact) mass is 354 g/mol. The Labute approximate surface area is 135 Å². The van der Waals surface area contributed by atoms with Crippen molar-refractivity contribution in [3.8, 4) is 6.07 Å². The summed E-state index contributed by atoms with van der Waals surface area (Å²) in [7, 11) is 0. The molecule has 3 aromatic rings. The first-order valence-electron chi connectivity index (χ1n) is 6.61. The van der Waals surface area contributed by atoms with E-state index in [0.29, 0.717) is 21.2 Å². The smallest absolute Gasteiger partial charge is 0.339 e. The number of pyridine rings is 1. The number of benzene rings is 1. The molecule has 3 rings (SSSR count). The molecule has 0 N–H and O–H groups in total. The molecule has 22 heavy (non-hydrogen) atoms. The summed E-state index contributed by atoms with van der Waals surface area (Å²) in [5.74, 6) is -0.424. The summed E-state index contributed by atoms with van der Waals surface area (Å²) >= 11 is 3.32. The van der Waals surface area contributed by atoms with Crippen LogP contribution in [0.25, 0.3) is 5.52 Å². The Hall–Kier alpha value is -2.58. The van der Waals surface area contributed by atoms with Crippen LogP contribution in [0.15, 0.2) is 59.3 Å². The van der Waals surface area contributed by atoms with Crippen LogP contribution >= 0.6 is 15.9 Å². The molecule has 0 bridgehead atoms. The minimum atomic E-state index is -0.424. The van der Waals surface area contributed by atoms with E-state index in [1.165, 1.54) is 0 Å². The second-order valence-electron chi connectivity index (χ2n) is 4.69. The zero-order valence-corrected chi connectivity index (χ0v) is 13.1. The maximum atomic E-state index is 12.1. The Morgan fingerprint density at radius 1 is 1.23 bits per heavy atom. The van der Waals surface area contributed by atoms with Crippen molar-refractivity contribution >= 4 is 27.4 Å². The van der Waals surface area contributed by atoms with E-state index >= 15 is 0 Å². The van der Waals surface area contributed by atoms with Crippen molar-refractivity contribution in [3.63, 3.8) is 0 Å². The van der Waals surface area contributed by atoms with Gasteiger partial charge >= 0.3 is 5.97 Å². The number of carbonyl (C=O) groups excluding carboxylic acids is 1. The number of ether oxygens (including phenoxy) is 1. The van der Waals surface area contributed by atoms with Gasteiger partial charge in [0.2, 0.25) is 0 Å². The number of hydrogen-bond acceptors (Lipinski definition) is 3. The van der Waals surface area contributed by atoms with Gasteiger partial charge in [-0.1, -0.05) is 18.2 Å². The molecule has 0 aliphatic rings. The standard InChI is InChI=1S/C17H11BrN2O2/c18-15-6-2-1-5-13(15)17(21)22-11-12-10-20-8-4-3-7-16(20)14(12)9-19/h1-8,10H,11H2. The van der Waals surface area contributed by atoms with E-state index < -0.39 is 5.97 Å². The van der Waals surface area contributed by atoms with Crippen molar-refractivity contribution in [2.45, 2.75) is 6.61 Å². The van der Waals surface area contributed by atoms with Gasteiger partial charge in [0, 0.05) is 22.4 Å².